The zero-order valence-corrected chi connectivity index (χ0v) is 20.3. The maximum absolute atomic E-state index is 2.42. The first-order chi connectivity index (χ1) is 16.6. The first-order valence-electron chi connectivity index (χ1n) is 12.2. The highest BCUT2D eigenvalue weighted by molar-refractivity contribution is 5.58. The van der Waals surface area contributed by atoms with Gasteiger partial charge in [-0.3, -0.25) is 0 Å². The molecule has 5 rings (SSSR count). The molecule has 1 unspecified atom stereocenters. The van der Waals surface area contributed by atoms with Crippen LogP contribution in [0.1, 0.15) is 38.9 Å². The first kappa shape index (κ1) is 22.2. The molecule has 0 heteroatoms. The molecule has 0 saturated carbocycles. The normalized spacial score (nSPS) is 15.4. The van der Waals surface area contributed by atoms with E-state index in [9.17, 15) is 0 Å². The third-order valence-corrected chi connectivity index (χ3v) is 7.15. The number of rotatable bonds is 6. The summed E-state index contributed by atoms with van der Waals surface area (Å²) in [4.78, 5) is 0. The predicted molar refractivity (Wildman–Crippen MR) is 144 cm³/mol. The standard InChI is InChI=1S/C34H32/c1-25-11-7-17-30(21-25)34(31-18-8-12-26(2)22-31,32-19-9-13-27(3)23-32)33-20-10-16-29(33)24-28-14-5-4-6-15-28/h4-23,33H,24H2,1-3H3. The summed E-state index contributed by atoms with van der Waals surface area (Å²) in [5.41, 5.74) is 10.4. The molecular weight excluding hydrogens is 408 g/mol. The van der Waals surface area contributed by atoms with Crippen molar-refractivity contribution in [3.63, 3.8) is 0 Å². The molecule has 0 N–H and O–H groups in total. The molecule has 0 aromatic heterocycles. The lowest BCUT2D eigenvalue weighted by Crippen LogP contribution is -2.38. The summed E-state index contributed by atoms with van der Waals surface area (Å²) in [6.45, 7) is 6.60. The van der Waals surface area contributed by atoms with E-state index in [2.05, 4.69) is 142 Å². The second-order valence-electron chi connectivity index (χ2n) is 9.68. The largest absolute Gasteiger partial charge is 0.0758 e. The van der Waals surface area contributed by atoms with Crippen LogP contribution in [0.5, 0.6) is 0 Å². The van der Waals surface area contributed by atoms with Gasteiger partial charge < -0.3 is 0 Å². The topological polar surface area (TPSA) is 0 Å². The maximum Gasteiger partial charge on any atom is 0.0551 e. The molecule has 0 bridgehead atoms. The van der Waals surface area contributed by atoms with Gasteiger partial charge in [0.25, 0.3) is 0 Å². The minimum absolute atomic E-state index is 0.220. The van der Waals surface area contributed by atoms with E-state index < -0.39 is 0 Å². The van der Waals surface area contributed by atoms with Crippen molar-refractivity contribution in [1.82, 2.24) is 0 Å². The zero-order chi connectivity index (χ0) is 23.5. The summed E-state index contributed by atoms with van der Waals surface area (Å²) in [5, 5.41) is 0. The highest BCUT2D eigenvalue weighted by atomic mass is 14.5. The van der Waals surface area contributed by atoms with Crippen LogP contribution in [-0.4, -0.2) is 0 Å². The molecule has 1 aliphatic carbocycles. The zero-order valence-electron chi connectivity index (χ0n) is 20.3. The maximum atomic E-state index is 2.42. The lowest BCUT2D eigenvalue weighted by atomic mass is 9.59. The van der Waals surface area contributed by atoms with Gasteiger partial charge in [0, 0.05) is 5.92 Å². The monoisotopic (exact) mass is 440 g/mol. The Balaban J connectivity index is 1.80. The Labute approximate surface area is 204 Å². The Kier molecular flexibility index (Phi) is 6.07. The van der Waals surface area contributed by atoms with Gasteiger partial charge in [-0.1, -0.05) is 144 Å². The van der Waals surface area contributed by atoms with Crippen molar-refractivity contribution in [2.24, 2.45) is 5.92 Å². The van der Waals surface area contributed by atoms with Gasteiger partial charge in [-0.25, -0.2) is 0 Å². The summed E-state index contributed by atoms with van der Waals surface area (Å²) in [5.74, 6) is 0.220. The van der Waals surface area contributed by atoms with Crippen LogP contribution in [0.4, 0.5) is 0 Å². The third kappa shape index (κ3) is 4.05. The summed E-state index contributed by atoms with van der Waals surface area (Å²) in [6, 6.07) is 38.2. The summed E-state index contributed by atoms with van der Waals surface area (Å²) >= 11 is 0. The molecule has 0 heterocycles. The number of allylic oxidation sites excluding steroid dienone is 4. The van der Waals surface area contributed by atoms with Gasteiger partial charge in [0.1, 0.15) is 0 Å². The number of hydrogen-bond acceptors (Lipinski definition) is 0. The van der Waals surface area contributed by atoms with E-state index in [1.54, 1.807) is 0 Å². The van der Waals surface area contributed by atoms with Crippen LogP contribution in [0.2, 0.25) is 0 Å². The SMILES string of the molecule is Cc1cccc(C(c2cccc(C)c2)(c2cccc(C)c2)C2C=CC=C2Cc2ccccc2)c1. The average Bonchev–Trinajstić information content (AvgIpc) is 3.29. The lowest BCUT2D eigenvalue weighted by Gasteiger charge is -2.42. The van der Waals surface area contributed by atoms with Crippen molar-refractivity contribution in [3.8, 4) is 0 Å². The van der Waals surface area contributed by atoms with Crippen molar-refractivity contribution in [3.05, 3.63) is 166 Å². The van der Waals surface area contributed by atoms with Gasteiger partial charge in [-0.2, -0.15) is 0 Å². The summed E-state index contributed by atoms with van der Waals surface area (Å²) in [6.07, 6.45) is 7.97. The number of aryl methyl sites for hydroxylation is 3. The second-order valence-corrected chi connectivity index (χ2v) is 9.68. The molecule has 4 aromatic carbocycles. The van der Waals surface area contributed by atoms with E-state index in [0.29, 0.717) is 0 Å². The lowest BCUT2D eigenvalue weighted by molar-refractivity contribution is 0.499. The molecule has 0 saturated heterocycles. The van der Waals surface area contributed by atoms with Gasteiger partial charge in [0.05, 0.1) is 5.41 Å². The van der Waals surface area contributed by atoms with Crippen LogP contribution in [0.15, 0.2) is 127 Å². The number of benzene rings is 4. The molecule has 0 spiro atoms. The fourth-order valence-electron chi connectivity index (χ4n) is 5.65. The van der Waals surface area contributed by atoms with Crippen molar-refractivity contribution in [1.29, 1.82) is 0 Å². The van der Waals surface area contributed by atoms with E-state index in [-0.39, 0.29) is 11.3 Å². The van der Waals surface area contributed by atoms with Crippen LogP contribution >= 0.6 is 0 Å². The predicted octanol–water partition coefficient (Wildman–Crippen LogP) is 8.30. The molecule has 0 fully saturated rings. The summed E-state index contributed by atoms with van der Waals surface area (Å²) < 4.78 is 0. The van der Waals surface area contributed by atoms with Gasteiger partial charge in [-0.05, 0) is 49.4 Å². The fraction of sp³-hybridized carbons (Fsp3) is 0.176. The molecular formula is C34H32. The van der Waals surface area contributed by atoms with Gasteiger partial charge in [0.2, 0.25) is 0 Å². The average molecular weight is 441 g/mol. The highest BCUT2D eigenvalue weighted by Gasteiger charge is 2.45. The summed E-state index contributed by atoms with van der Waals surface area (Å²) in [7, 11) is 0. The molecule has 4 aromatic rings. The molecule has 0 amide bonds. The van der Waals surface area contributed by atoms with Gasteiger partial charge in [0.15, 0.2) is 0 Å². The Morgan fingerprint density at radius 3 is 1.56 bits per heavy atom. The second kappa shape index (κ2) is 9.31. The van der Waals surface area contributed by atoms with Crippen LogP contribution in [0.25, 0.3) is 0 Å². The molecule has 168 valence electrons. The Hall–Kier alpha value is -3.64. The van der Waals surface area contributed by atoms with E-state index in [0.717, 1.165) is 6.42 Å². The molecule has 0 aliphatic heterocycles. The van der Waals surface area contributed by atoms with E-state index in [1.165, 1.54) is 44.5 Å². The molecule has 0 radical (unpaired) electrons. The van der Waals surface area contributed by atoms with Crippen LogP contribution in [-0.2, 0) is 11.8 Å². The van der Waals surface area contributed by atoms with E-state index in [1.807, 2.05) is 0 Å². The Morgan fingerprint density at radius 2 is 1.09 bits per heavy atom. The Bertz CT molecular complexity index is 1240. The van der Waals surface area contributed by atoms with Crippen LogP contribution < -0.4 is 0 Å². The smallest absolute Gasteiger partial charge is 0.0551 e. The fourth-order valence-corrected chi connectivity index (χ4v) is 5.65. The minimum atomic E-state index is -0.322. The van der Waals surface area contributed by atoms with Crippen molar-refractivity contribution < 1.29 is 0 Å². The van der Waals surface area contributed by atoms with E-state index >= 15 is 0 Å². The molecule has 1 aliphatic rings. The Morgan fingerprint density at radius 1 is 0.588 bits per heavy atom. The van der Waals surface area contributed by atoms with Crippen molar-refractivity contribution in [2.75, 3.05) is 0 Å². The van der Waals surface area contributed by atoms with E-state index in [4.69, 9.17) is 0 Å². The molecule has 1 atom stereocenters. The van der Waals surface area contributed by atoms with Crippen molar-refractivity contribution >= 4 is 0 Å². The molecule has 34 heavy (non-hydrogen) atoms. The number of hydrogen-bond donors (Lipinski definition) is 0. The van der Waals surface area contributed by atoms with Gasteiger partial charge >= 0.3 is 0 Å². The first-order valence-corrected chi connectivity index (χ1v) is 12.2. The van der Waals surface area contributed by atoms with Crippen LogP contribution in [0.3, 0.4) is 0 Å². The third-order valence-electron chi connectivity index (χ3n) is 7.15. The van der Waals surface area contributed by atoms with Crippen LogP contribution in [0, 0.1) is 26.7 Å². The molecule has 0 nitrogen and oxygen atoms in total. The van der Waals surface area contributed by atoms with Crippen molar-refractivity contribution in [2.45, 2.75) is 32.6 Å². The van der Waals surface area contributed by atoms with Gasteiger partial charge in [-0.15, -0.1) is 0 Å². The minimum Gasteiger partial charge on any atom is -0.0758 e. The quantitative estimate of drug-likeness (QED) is 0.265. The highest BCUT2D eigenvalue weighted by Crippen LogP contribution is 2.51.